The van der Waals surface area contributed by atoms with Crippen LogP contribution in [0, 0.1) is 10.1 Å². The fourth-order valence-electron chi connectivity index (χ4n) is 1.52. The molecule has 1 atom stereocenters. The molecule has 0 aliphatic rings. The number of anilines is 1. The smallest absolute Gasteiger partial charge is 0.394 e. The number of aliphatic hydroxyl groups is 1. The summed E-state index contributed by atoms with van der Waals surface area (Å²) in [6.07, 6.45) is -4.30. The van der Waals surface area contributed by atoms with E-state index in [1.165, 1.54) is 6.07 Å². The third-order valence-electron chi connectivity index (χ3n) is 2.58. The maximum absolute atomic E-state index is 12.7. The van der Waals surface area contributed by atoms with Crippen molar-refractivity contribution in [1.82, 2.24) is 0 Å². The van der Waals surface area contributed by atoms with Crippen LogP contribution in [0.4, 0.5) is 24.5 Å². The number of nitrogens with one attached hydrogen (secondary N) is 1. The van der Waals surface area contributed by atoms with Crippen molar-refractivity contribution in [1.29, 1.82) is 0 Å². The molecule has 5 nitrogen and oxygen atoms in total. The van der Waals surface area contributed by atoms with Gasteiger partial charge in [-0.25, -0.2) is 0 Å². The Hall–Kier alpha value is -1.83. The van der Waals surface area contributed by atoms with E-state index >= 15 is 0 Å². The molecule has 19 heavy (non-hydrogen) atoms. The highest BCUT2D eigenvalue weighted by Gasteiger charge is 2.38. The second kappa shape index (κ2) is 5.87. The van der Waals surface area contributed by atoms with E-state index in [-0.39, 0.29) is 12.3 Å². The third-order valence-corrected chi connectivity index (χ3v) is 2.58. The lowest BCUT2D eigenvalue weighted by Crippen LogP contribution is -2.23. The molecule has 1 rings (SSSR count). The summed E-state index contributed by atoms with van der Waals surface area (Å²) in [5.74, 6) is 0. The minimum Gasteiger partial charge on any atom is -0.394 e. The Morgan fingerprint density at radius 2 is 2.11 bits per heavy atom. The first kappa shape index (κ1) is 15.2. The number of benzene rings is 1. The summed E-state index contributed by atoms with van der Waals surface area (Å²) in [5, 5.41) is 22.2. The van der Waals surface area contributed by atoms with Crippen LogP contribution in [0.2, 0.25) is 0 Å². The number of nitrogens with zero attached hydrogens (tertiary/aromatic N) is 1. The van der Waals surface area contributed by atoms with Crippen LogP contribution >= 0.6 is 0 Å². The van der Waals surface area contributed by atoms with Gasteiger partial charge in [0, 0.05) is 17.8 Å². The van der Waals surface area contributed by atoms with Crippen LogP contribution in [0.5, 0.6) is 0 Å². The molecule has 0 unspecified atom stereocenters. The molecule has 0 amide bonds. The highest BCUT2D eigenvalue weighted by atomic mass is 19.4. The largest absolute Gasteiger partial charge is 0.423 e. The van der Waals surface area contributed by atoms with Gasteiger partial charge in [0.15, 0.2) is 0 Å². The molecular formula is C11H13F3N2O3. The van der Waals surface area contributed by atoms with Crippen LogP contribution in [0.15, 0.2) is 18.2 Å². The molecule has 1 aromatic rings. The highest BCUT2D eigenvalue weighted by molar-refractivity contribution is 5.55. The van der Waals surface area contributed by atoms with E-state index in [9.17, 15) is 23.3 Å². The van der Waals surface area contributed by atoms with Crippen molar-refractivity contribution in [2.45, 2.75) is 25.6 Å². The number of aliphatic hydroxyl groups excluding tert-OH is 1. The predicted octanol–water partition coefficient (Wildman–Crippen LogP) is 2.80. The Morgan fingerprint density at radius 1 is 1.47 bits per heavy atom. The second-order valence-electron chi connectivity index (χ2n) is 3.92. The van der Waals surface area contributed by atoms with Crippen LogP contribution < -0.4 is 5.32 Å². The van der Waals surface area contributed by atoms with Gasteiger partial charge >= 0.3 is 6.18 Å². The van der Waals surface area contributed by atoms with Gasteiger partial charge in [0.25, 0.3) is 5.69 Å². The van der Waals surface area contributed by atoms with E-state index in [2.05, 4.69) is 5.32 Å². The van der Waals surface area contributed by atoms with Gasteiger partial charge in [0.1, 0.15) is 5.56 Å². The Kier molecular flexibility index (Phi) is 4.71. The Morgan fingerprint density at radius 3 is 2.53 bits per heavy atom. The molecule has 2 N–H and O–H groups in total. The molecule has 0 saturated heterocycles. The zero-order chi connectivity index (χ0) is 14.6. The number of nitro groups is 1. The predicted molar refractivity (Wildman–Crippen MR) is 62.9 cm³/mol. The fraction of sp³-hybridized carbons (Fsp3) is 0.455. The highest BCUT2D eigenvalue weighted by Crippen LogP contribution is 2.37. The van der Waals surface area contributed by atoms with Crippen molar-refractivity contribution in [3.05, 3.63) is 33.9 Å². The summed E-state index contributed by atoms with van der Waals surface area (Å²) < 4.78 is 38.1. The summed E-state index contributed by atoms with van der Waals surface area (Å²) in [6, 6.07) is 2.26. The lowest BCUT2D eigenvalue weighted by Gasteiger charge is -2.16. The SMILES string of the molecule is CC[C@@H](CO)Nc1ccc([N+](=O)[O-])c(C(F)(F)F)c1. The van der Waals surface area contributed by atoms with Crippen molar-refractivity contribution >= 4 is 11.4 Å². The van der Waals surface area contributed by atoms with Crippen molar-refractivity contribution in [2.24, 2.45) is 0 Å². The van der Waals surface area contributed by atoms with E-state index in [1.54, 1.807) is 6.92 Å². The molecular weight excluding hydrogens is 265 g/mol. The number of hydrogen-bond donors (Lipinski definition) is 2. The topological polar surface area (TPSA) is 75.4 Å². The van der Waals surface area contributed by atoms with E-state index in [0.717, 1.165) is 6.07 Å². The minimum absolute atomic E-state index is 0.0822. The molecule has 0 spiro atoms. The summed E-state index contributed by atoms with van der Waals surface area (Å²) in [7, 11) is 0. The van der Waals surface area contributed by atoms with E-state index < -0.39 is 28.4 Å². The van der Waals surface area contributed by atoms with Gasteiger partial charge in [-0.2, -0.15) is 13.2 Å². The molecule has 0 aliphatic carbocycles. The molecule has 106 valence electrons. The van der Waals surface area contributed by atoms with Crippen LogP contribution in [0.1, 0.15) is 18.9 Å². The second-order valence-corrected chi connectivity index (χ2v) is 3.92. The monoisotopic (exact) mass is 278 g/mol. The van der Waals surface area contributed by atoms with Crippen molar-refractivity contribution < 1.29 is 23.2 Å². The number of hydrogen-bond acceptors (Lipinski definition) is 4. The van der Waals surface area contributed by atoms with Gasteiger partial charge in [-0.3, -0.25) is 10.1 Å². The maximum Gasteiger partial charge on any atom is 0.423 e. The molecule has 0 heterocycles. The minimum atomic E-state index is -4.80. The first-order valence-electron chi connectivity index (χ1n) is 5.52. The molecule has 0 bridgehead atoms. The van der Waals surface area contributed by atoms with Gasteiger partial charge in [-0.05, 0) is 18.6 Å². The van der Waals surface area contributed by atoms with Crippen molar-refractivity contribution in [3.63, 3.8) is 0 Å². The van der Waals surface area contributed by atoms with Crippen LogP contribution in [0.25, 0.3) is 0 Å². The van der Waals surface area contributed by atoms with Crippen molar-refractivity contribution in [3.8, 4) is 0 Å². The molecule has 0 aliphatic heterocycles. The normalized spacial score (nSPS) is 13.1. The quantitative estimate of drug-likeness (QED) is 0.641. The number of rotatable bonds is 5. The zero-order valence-corrected chi connectivity index (χ0v) is 10.1. The van der Waals surface area contributed by atoms with E-state index in [0.29, 0.717) is 12.5 Å². The molecule has 0 fully saturated rings. The van der Waals surface area contributed by atoms with E-state index in [4.69, 9.17) is 5.11 Å². The van der Waals surface area contributed by atoms with Crippen molar-refractivity contribution in [2.75, 3.05) is 11.9 Å². The van der Waals surface area contributed by atoms with Gasteiger partial charge in [0.2, 0.25) is 0 Å². The Bertz CT molecular complexity index is 459. The van der Waals surface area contributed by atoms with Crippen LogP contribution in [-0.2, 0) is 6.18 Å². The number of alkyl halides is 3. The maximum atomic E-state index is 12.7. The Balaban J connectivity index is 3.15. The molecule has 0 radical (unpaired) electrons. The summed E-state index contributed by atoms with van der Waals surface area (Å²) >= 11 is 0. The first-order valence-corrected chi connectivity index (χ1v) is 5.52. The molecule has 1 aromatic carbocycles. The average Bonchev–Trinajstić information content (AvgIpc) is 2.34. The lowest BCUT2D eigenvalue weighted by atomic mass is 10.1. The van der Waals surface area contributed by atoms with Gasteiger partial charge in [0.05, 0.1) is 11.5 Å². The third kappa shape index (κ3) is 3.82. The van der Waals surface area contributed by atoms with Crippen LogP contribution in [-0.4, -0.2) is 22.7 Å². The summed E-state index contributed by atoms with van der Waals surface area (Å²) in [5.41, 5.74) is -2.22. The molecule has 0 saturated carbocycles. The summed E-state index contributed by atoms with van der Waals surface area (Å²) in [6.45, 7) is 1.51. The lowest BCUT2D eigenvalue weighted by molar-refractivity contribution is -0.388. The zero-order valence-electron chi connectivity index (χ0n) is 10.1. The summed E-state index contributed by atoms with van der Waals surface area (Å²) in [4.78, 5) is 9.49. The van der Waals surface area contributed by atoms with Gasteiger partial charge in [-0.15, -0.1) is 0 Å². The standard InChI is InChI=1S/C11H13F3N2O3/c1-2-7(6-17)15-8-3-4-10(16(18)19)9(5-8)11(12,13)14/h3-5,7,15,17H,2,6H2,1H3/t7-/m0/s1. The average molecular weight is 278 g/mol. The first-order chi connectivity index (χ1) is 8.79. The van der Waals surface area contributed by atoms with Gasteiger partial charge < -0.3 is 10.4 Å². The number of nitro benzene ring substituents is 1. The number of halogens is 3. The Labute approximate surface area is 107 Å². The van der Waals surface area contributed by atoms with Gasteiger partial charge in [-0.1, -0.05) is 6.92 Å². The fourth-order valence-corrected chi connectivity index (χ4v) is 1.52. The van der Waals surface area contributed by atoms with E-state index in [1.807, 2.05) is 0 Å². The van der Waals surface area contributed by atoms with Crippen LogP contribution in [0.3, 0.4) is 0 Å². The molecule has 0 aromatic heterocycles. The molecule has 8 heteroatoms.